The van der Waals surface area contributed by atoms with Gasteiger partial charge in [0.2, 0.25) is 5.89 Å². The Balaban J connectivity index is 2.02. The van der Waals surface area contributed by atoms with Crippen molar-refractivity contribution in [2.45, 2.75) is 39.0 Å². The number of aliphatic carboxylic acids is 1. The number of anilines is 1. The summed E-state index contributed by atoms with van der Waals surface area (Å²) in [5.41, 5.74) is -0.162. The minimum absolute atomic E-state index is 0.162. The van der Waals surface area contributed by atoms with E-state index < -0.39 is 5.97 Å². The number of carboxylic acid groups (broad SMARTS) is 1. The first-order chi connectivity index (χ1) is 8.38. The monoisotopic (exact) mass is 253 g/mol. The minimum atomic E-state index is -0.710. The van der Waals surface area contributed by atoms with Crippen molar-refractivity contribution in [3.05, 3.63) is 5.89 Å². The molecule has 2 heterocycles. The van der Waals surface area contributed by atoms with Gasteiger partial charge in [-0.25, -0.2) is 0 Å². The summed E-state index contributed by atoms with van der Waals surface area (Å²) in [6.45, 7) is 7.38. The second-order valence-corrected chi connectivity index (χ2v) is 5.75. The molecule has 0 atom stereocenters. The van der Waals surface area contributed by atoms with E-state index in [0.717, 1.165) is 0 Å². The van der Waals surface area contributed by atoms with Gasteiger partial charge in [-0.1, -0.05) is 20.8 Å². The lowest BCUT2D eigenvalue weighted by Gasteiger charge is -2.28. The summed E-state index contributed by atoms with van der Waals surface area (Å²) in [4.78, 5) is 17.2. The van der Waals surface area contributed by atoms with Gasteiger partial charge in [0.05, 0.1) is 5.92 Å². The molecule has 100 valence electrons. The van der Waals surface area contributed by atoms with E-state index >= 15 is 0 Å². The summed E-state index contributed by atoms with van der Waals surface area (Å²) < 4.78 is 5.24. The Kier molecular flexibility index (Phi) is 3.28. The van der Waals surface area contributed by atoms with Crippen molar-refractivity contribution in [1.82, 2.24) is 10.1 Å². The fourth-order valence-electron chi connectivity index (χ4n) is 1.98. The summed E-state index contributed by atoms with van der Waals surface area (Å²) in [6.07, 6.45) is 1.27. The molecule has 0 aromatic carbocycles. The van der Waals surface area contributed by atoms with E-state index in [-0.39, 0.29) is 11.3 Å². The number of aromatic nitrogens is 2. The van der Waals surface area contributed by atoms with E-state index in [1.807, 2.05) is 25.7 Å². The third kappa shape index (κ3) is 2.63. The van der Waals surface area contributed by atoms with Crippen LogP contribution in [0.25, 0.3) is 0 Å². The molecule has 1 aromatic rings. The number of rotatable bonds is 2. The van der Waals surface area contributed by atoms with Gasteiger partial charge in [-0.15, -0.1) is 0 Å². The van der Waals surface area contributed by atoms with Gasteiger partial charge >= 0.3 is 5.97 Å². The van der Waals surface area contributed by atoms with Crippen LogP contribution in [0.5, 0.6) is 0 Å². The Bertz CT molecular complexity index is 428. The highest BCUT2D eigenvalue weighted by Crippen LogP contribution is 2.25. The average Bonchev–Trinajstić information content (AvgIpc) is 2.78. The van der Waals surface area contributed by atoms with Gasteiger partial charge in [-0.2, -0.15) is 4.98 Å². The van der Waals surface area contributed by atoms with Crippen molar-refractivity contribution in [2.75, 3.05) is 18.0 Å². The molecule has 6 heteroatoms. The fraction of sp³-hybridized carbons (Fsp3) is 0.750. The summed E-state index contributed by atoms with van der Waals surface area (Å²) in [5, 5.41) is 12.9. The van der Waals surface area contributed by atoms with Crippen LogP contribution in [0, 0.1) is 5.92 Å². The standard InChI is InChI=1S/C12H19N3O3/c1-12(2,3)10-13-11(14-18-10)15-6-4-8(5-7-15)9(16)17/h8H,4-7H2,1-3H3,(H,16,17). The molecule has 1 aliphatic rings. The lowest BCUT2D eigenvalue weighted by molar-refractivity contribution is -0.142. The SMILES string of the molecule is CC(C)(C)c1nc(N2CCC(C(=O)O)CC2)no1. The fourth-order valence-corrected chi connectivity index (χ4v) is 1.98. The number of hydrogen-bond acceptors (Lipinski definition) is 5. The maximum Gasteiger partial charge on any atom is 0.306 e. The second kappa shape index (κ2) is 4.59. The molecule has 6 nitrogen and oxygen atoms in total. The first-order valence-electron chi connectivity index (χ1n) is 6.20. The second-order valence-electron chi connectivity index (χ2n) is 5.75. The van der Waals surface area contributed by atoms with E-state index in [1.54, 1.807) is 0 Å². The van der Waals surface area contributed by atoms with Crippen LogP contribution in [0.4, 0.5) is 5.95 Å². The highest BCUT2D eigenvalue weighted by atomic mass is 16.5. The van der Waals surface area contributed by atoms with Gasteiger partial charge in [0.15, 0.2) is 0 Å². The van der Waals surface area contributed by atoms with Crippen LogP contribution in [0.2, 0.25) is 0 Å². The molecular weight excluding hydrogens is 234 g/mol. The molecule has 1 aliphatic heterocycles. The van der Waals surface area contributed by atoms with Crippen LogP contribution >= 0.6 is 0 Å². The van der Waals surface area contributed by atoms with Crippen molar-refractivity contribution in [3.8, 4) is 0 Å². The molecular formula is C12H19N3O3. The highest BCUT2D eigenvalue weighted by molar-refractivity contribution is 5.70. The van der Waals surface area contributed by atoms with Gasteiger partial charge in [-0.3, -0.25) is 4.79 Å². The zero-order valence-corrected chi connectivity index (χ0v) is 11.0. The van der Waals surface area contributed by atoms with Crippen LogP contribution in [-0.4, -0.2) is 34.3 Å². The highest BCUT2D eigenvalue weighted by Gasteiger charge is 2.28. The Hall–Kier alpha value is -1.59. The molecule has 18 heavy (non-hydrogen) atoms. The van der Waals surface area contributed by atoms with E-state index in [2.05, 4.69) is 10.1 Å². The van der Waals surface area contributed by atoms with Gasteiger partial charge in [0, 0.05) is 18.5 Å². The molecule has 1 aromatic heterocycles. The van der Waals surface area contributed by atoms with Crippen LogP contribution in [0.3, 0.4) is 0 Å². The number of nitrogens with zero attached hydrogens (tertiary/aromatic N) is 3. The van der Waals surface area contributed by atoms with Crippen molar-refractivity contribution in [1.29, 1.82) is 0 Å². The molecule has 1 saturated heterocycles. The van der Waals surface area contributed by atoms with Crippen LogP contribution in [0.1, 0.15) is 39.5 Å². The molecule has 0 amide bonds. The maximum atomic E-state index is 10.9. The maximum absolute atomic E-state index is 10.9. The molecule has 0 spiro atoms. The van der Waals surface area contributed by atoms with Crippen LogP contribution in [0.15, 0.2) is 4.52 Å². The first kappa shape index (κ1) is 12.9. The number of hydrogen-bond donors (Lipinski definition) is 1. The average molecular weight is 253 g/mol. The first-order valence-corrected chi connectivity index (χ1v) is 6.20. The van der Waals surface area contributed by atoms with Crippen molar-refractivity contribution in [2.24, 2.45) is 5.92 Å². The Morgan fingerprint density at radius 3 is 2.44 bits per heavy atom. The van der Waals surface area contributed by atoms with Gasteiger partial charge < -0.3 is 14.5 Å². The molecule has 0 bridgehead atoms. The summed E-state index contributed by atoms with van der Waals surface area (Å²) in [6, 6.07) is 0. The lowest BCUT2D eigenvalue weighted by Crippen LogP contribution is -2.36. The van der Waals surface area contributed by atoms with Gasteiger partial charge in [0.25, 0.3) is 5.95 Å². The van der Waals surface area contributed by atoms with Gasteiger partial charge in [0.1, 0.15) is 0 Å². The molecule has 1 N–H and O–H groups in total. The molecule has 1 fully saturated rings. The Labute approximate surface area is 106 Å². The largest absolute Gasteiger partial charge is 0.481 e. The summed E-state index contributed by atoms with van der Waals surface area (Å²) >= 11 is 0. The summed E-state index contributed by atoms with van der Waals surface area (Å²) in [7, 11) is 0. The van der Waals surface area contributed by atoms with E-state index in [0.29, 0.717) is 37.8 Å². The molecule has 2 rings (SSSR count). The predicted octanol–water partition coefficient (Wildman–Crippen LogP) is 1.67. The zero-order chi connectivity index (χ0) is 13.3. The Morgan fingerprint density at radius 1 is 1.39 bits per heavy atom. The lowest BCUT2D eigenvalue weighted by atomic mass is 9.97. The predicted molar refractivity (Wildman–Crippen MR) is 65.6 cm³/mol. The minimum Gasteiger partial charge on any atom is -0.481 e. The molecule has 0 aliphatic carbocycles. The van der Waals surface area contributed by atoms with E-state index in [4.69, 9.17) is 9.63 Å². The van der Waals surface area contributed by atoms with Crippen LogP contribution < -0.4 is 4.90 Å². The van der Waals surface area contributed by atoms with Crippen molar-refractivity contribution in [3.63, 3.8) is 0 Å². The topological polar surface area (TPSA) is 79.5 Å². The van der Waals surface area contributed by atoms with Crippen LogP contribution in [-0.2, 0) is 10.2 Å². The number of carboxylic acids is 1. The molecule has 0 radical (unpaired) electrons. The molecule has 0 saturated carbocycles. The van der Waals surface area contributed by atoms with Gasteiger partial charge in [-0.05, 0) is 18.0 Å². The number of piperidine rings is 1. The quantitative estimate of drug-likeness (QED) is 0.863. The zero-order valence-electron chi connectivity index (χ0n) is 11.0. The van der Waals surface area contributed by atoms with E-state index in [9.17, 15) is 4.79 Å². The van der Waals surface area contributed by atoms with Crippen molar-refractivity contribution >= 4 is 11.9 Å². The third-order valence-corrected chi connectivity index (χ3v) is 3.18. The number of carbonyl (C=O) groups is 1. The van der Waals surface area contributed by atoms with Crippen molar-refractivity contribution < 1.29 is 14.4 Å². The Morgan fingerprint density at radius 2 is 2.00 bits per heavy atom. The smallest absolute Gasteiger partial charge is 0.306 e. The normalized spacial score (nSPS) is 18.1. The molecule has 0 unspecified atom stereocenters. The third-order valence-electron chi connectivity index (χ3n) is 3.18. The summed E-state index contributed by atoms with van der Waals surface area (Å²) in [5.74, 6) is 0.231. The van der Waals surface area contributed by atoms with E-state index in [1.165, 1.54) is 0 Å².